The van der Waals surface area contributed by atoms with E-state index in [-0.39, 0.29) is 23.4 Å². The first-order valence-corrected chi connectivity index (χ1v) is 9.33. The Morgan fingerprint density at radius 3 is 1.82 bits per heavy atom. The number of amides is 2. The average Bonchev–Trinajstić information content (AvgIpc) is 2.70. The zero-order chi connectivity index (χ0) is 19.9. The molecule has 0 unspecified atom stereocenters. The van der Waals surface area contributed by atoms with Crippen LogP contribution in [0.5, 0.6) is 0 Å². The van der Waals surface area contributed by atoms with Crippen molar-refractivity contribution >= 4 is 35.0 Å². The summed E-state index contributed by atoms with van der Waals surface area (Å²) < 4.78 is 25.8. The maximum Gasteiger partial charge on any atom is 0.255 e. The van der Waals surface area contributed by atoms with Gasteiger partial charge in [-0.25, -0.2) is 8.78 Å². The first-order chi connectivity index (χ1) is 13.5. The second-order valence-electron chi connectivity index (χ2n) is 5.83. The van der Waals surface area contributed by atoms with E-state index in [9.17, 15) is 18.4 Å². The maximum absolute atomic E-state index is 12.9. The summed E-state index contributed by atoms with van der Waals surface area (Å²) >= 11 is 1.34. The molecule has 0 aliphatic carbocycles. The molecule has 28 heavy (non-hydrogen) atoms. The largest absolute Gasteiger partial charge is 0.325 e. The topological polar surface area (TPSA) is 58.2 Å². The van der Waals surface area contributed by atoms with Gasteiger partial charge < -0.3 is 10.6 Å². The van der Waals surface area contributed by atoms with E-state index in [2.05, 4.69) is 10.6 Å². The fraction of sp³-hybridized carbons (Fsp3) is 0.0476. The number of hydrogen-bond donors (Lipinski definition) is 2. The number of nitrogens with one attached hydrogen (secondary N) is 2. The minimum absolute atomic E-state index is 0.193. The molecule has 3 aromatic carbocycles. The molecule has 2 N–H and O–H groups in total. The highest BCUT2D eigenvalue weighted by atomic mass is 32.2. The van der Waals surface area contributed by atoms with Gasteiger partial charge in [0.05, 0.1) is 5.75 Å². The quantitative estimate of drug-likeness (QED) is 0.578. The minimum atomic E-state index is -0.401. The molecule has 0 saturated carbocycles. The summed E-state index contributed by atoms with van der Waals surface area (Å²) in [5, 5.41) is 5.42. The van der Waals surface area contributed by atoms with Crippen molar-refractivity contribution in [3.63, 3.8) is 0 Å². The Hall–Kier alpha value is -3.19. The molecule has 2 amide bonds. The average molecular weight is 398 g/mol. The molecule has 0 aliphatic rings. The molecule has 0 aromatic heterocycles. The van der Waals surface area contributed by atoms with Crippen LogP contribution in [0.25, 0.3) is 0 Å². The summed E-state index contributed by atoms with van der Waals surface area (Å²) in [5.74, 6) is -1.11. The van der Waals surface area contributed by atoms with Crippen molar-refractivity contribution < 1.29 is 18.4 Å². The molecular formula is C21H16F2N2O2S. The van der Waals surface area contributed by atoms with Gasteiger partial charge in [-0.2, -0.15) is 0 Å². The lowest BCUT2D eigenvalue weighted by molar-refractivity contribution is -0.113. The van der Waals surface area contributed by atoms with Gasteiger partial charge in [0.1, 0.15) is 11.6 Å². The molecule has 0 fully saturated rings. The van der Waals surface area contributed by atoms with Crippen LogP contribution in [0, 0.1) is 11.6 Å². The highest BCUT2D eigenvalue weighted by molar-refractivity contribution is 8.00. The minimum Gasteiger partial charge on any atom is -0.325 e. The van der Waals surface area contributed by atoms with E-state index in [0.717, 1.165) is 4.90 Å². The van der Waals surface area contributed by atoms with Gasteiger partial charge >= 0.3 is 0 Å². The van der Waals surface area contributed by atoms with Gasteiger partial charge in [0.25, 0.3) is 5.91 Å². The molecule has 0 spiro atoms. The highest BCUT2D eigenvalue weighted by Crippen LogP contribution is 2.21. The maximum atomic E-state index is 12.9. The van der Waals surface area contributed by atoms with Crippen LogP contribution in [-0.2, 0) is 4.79 Å². The third kappa shape index (κ3) is 5.65. The highest BCUT2D eigenvalue weighted by Gasteiger charge is 2.07. The van der Waals surface area contributed by atoms with Crippen LogP contribution in [0.15, 0.2) is 77.7 Å². The molecule has 0 aliphatic heterocycles. The molecule has 3 aromatic rings. The number of thioether (sulfide) groups is 1. The summed E-state index contributed by atoms with van der Waals surface area (Å²) in [6, 6.07) is 17.9. The number of benzene rings is 3. The van der Waals surface area contributed by atoms with Gasteiger partial charge in [-0.1, -0.05) is 0 Å². The van der Waals surface area contributed by atoms with Crippen molar-refractivity contribution in [3.8, 4) is 0 Å². The zero-order valence-corrected chi connectivity index (χ0v) is 15.4. The van der Waals surface area contributed by atoms with Gasteiger partial charge in [0.2, 0.25) is 5.91 Å². The summed E-state index contributed by atoms with van der Waals surface area (Å²) in [4.78, 5) is 24.9. The molecule has 142 valence electrons. The van der Waals surface area contributed by atoms with Crippen molar-refractivity contribution in [2.45, 2.75) is 4.90 Å². The van der Waals surface area contributed by atoms with Crippen LogP contribution < -0.4 is 10.6 Å². The predicted molar refractivity (Wildman–Crippen MR) is 107 cm³/mol. The Bertz CT molecular complexity index is 959. The molecular weight excluding hydrogens is 382 g/mol. The van der Waals surface area contributed by atoms with Crippen molar-refractivity contribution in [2.75, 3.05) is 16.4 Å². The predicted octanol–water partition coefficient (Wildman–Crippen LogP) is 4.95. The van der Waals surface area contributed by atoms with E-state index in [0.29, 0.717) is 16.9 Å². The summed E-state index contributed by atoms with van der Waals surface area (Å²) in [6.45, 7) is 0. The molecule has 0 radical (unpaired) electrons. The van der Waals surface area contributed by atoms with Crippen molar-refractivity contribution in [1.29, 1.82) is 0 Å². The number of halogens is 2. The van der Waals surface area contributed by atoms with E-state index >= 15 is 0 Å². The van der Waals surface area contributed by atoms with Gasteiger partial charge in [0.15, 0.2) is 0 Å². The monoisotopic (exact) mass is 398 g/mol. The molecule has 3 rings (SSSR count). The fourth-order valence-electron chi connectivity index (χ4n) is 2.32. The lowest BCUT2D eigenvalue weighted by Gasteiger charge is -2.07. The van der Waals surface area contributed by atoms with Crippen LogP contribution in [0.4, 0.5) is 20.2 Å². The first kappa shape index (κ1) is 19.6. The fourth-order valence-corrected chi connectivity index (χ4v) is 3.02. The molecule has 0 bridgehead atoms. The van der Waals surface area contributed by atoms with E-state index < -0.39 is 5.82 Å². The first-order valence-electron chi connectivity index (χ1n) is 8.35. The number of carbonyl (C=O) groups excluding carboxylic acids is 2. The molecule has 0 atom stereocenters. The van der Waals surface area contributed by atoms with Gasteiger partial charge in [-0.3, -0.25) is 9.59 Å². The van der Waals surface area contributed by atoms with Gasteiger partial charge in [-0.05, 0) is 72.8 Å². The van der Waals surface area contributed by atoms with Crippen LogP contribution in [0.1, 0.15) is 10.4 Å². The zero-order valence-electron chi connectivity index (χ0n) is 14.6. The Labute approximate surface area is 165 Å². The normalized spacial score (nSPS) is 10.4. The van der Waals surface area contributed by atoms with Crippen molar-refractivity contribution in [3.05, 3.63) is 90.0 Å². The Balaban J connectivity index is 1.49. The summed E-state index contributed by atoms with van der Waals surface area (Å²) in [5.41, 5.74) is 1.48. The van der Waals surface area contributed by atoms with E-state index in [1.165, 1.54) is 60.3 Å². The van der Waals surface area contributed by atoms with Crippen molar-refractivity contribution in [1.82, 2.24) is 0 Å². The molecule has 4 nitrogen and oxygen atoms in total. The Morgan fingerprint density at radius 1 is 0.714 bits per heavy atom. The van der Waals surface area contributed by atoms with Crippen molar-refractivity contribution in [2.24, 2.45) is 0 Å². The SMILES string of the molecule is O=C(CSc1ccc(NC(=O)c2ccc(F)cc2)cc1)Nc1ccc(F)cc1. The number of rotatable bonds is 6. The second kappa shape index (κ2) is 9.14. The Kier molecular flexibility index (Phi) is 6.39. The number of carbonyl (C=O) groups is 2. The van der Waals surface area contributed by atoms with Crippen LogP contribution in [0.2, 0.25) is 0 Å². The van der Waals surface area contributed by atoms with Crippen LogP contribution >= 0.6 is 11.8 Å². The lowest BCUT2D eigenvalue weighted by atomic mass is 10.2. The van der Waals surface area contributed by atoms with Crippen LogP contribution in [0.3, 0.4) is 0 Å². The van der Waals surface area contributed by atoms with Gasteiger partial charge in [-0.15, -0.1) is 11.8 Å². The smallest absolute Gasteiger partial charge is 0.255 e. The van der Waals surface area contributed by atoms with E-state index in [1.54, 1.807) is 24.3 Å². The summed E-state index contributed by atoms with van der Waals surface area (Å²) in [6.07, 6.45) is 0. The van der Waals surface area contributed by atoms with E-state index in [1.807, 2.05) is 0 Å². The van der Waals surface area contributed by atoms with E-state index in [4.69, 9.17) is 0 Å². The number of hydrogen-bond acceptors (Lipinski definition) is 3. The molecule has 7 heteroatoms. The summed E-state index contributed by atoms with van der Waals surface area (Å²) in [7, 11) is 0. The third-order valence-corrected chi connectivity index (χ3v) is 4.73. The standard InChI is InChI=1S/C21H16F2N2O2S/c22-15-3-1-14(2-4-15)21(27)25-18-9-11-19(12-10-18)28-13-20(26)24-17-7-5-16(23)6-8-17/h1-12H,13H2,(H,24,26)(H,25,27). The molecule has 0 heterocycles. The second-order valence-corrected chi connectivity index (χ2v) is 6.88. The van der Waals surface area contributed by atoms with Crippen LogP contribution in [-0.4, -0.2) is 17.6 Å². The lowest BCUT2D eigenvalue weighted by Crippen LogP contribution is -2.14. The third-order valence-electron chi connectivity index (χ3n) is 3.72. The Morgan fingerprint density at radius 2 is 1.21 bits per heavy atom. The number of anilines is 2. The molecule has 0 saturated heterocycles. The van der Waals surface area contributed by atoms with Gasteiger partial charge in [0, 0.05) is 21.8 Å².